The van der Waals surface area contributed by atoms with Crippen molar-refractivity contribution in [3.8, 4) is 0 Å². The van der Waals surface area contributed by atoms with Crippen molar-refractivity contribution < 1.29 is 20.8 Å². The van der Waals surface area contributed by atoms with Crippen molar-refractivity contribution in [2.75, 3.05) is 6.61 Å². The average molecular weight is 869 g/mol. The Labute approximate surface area is 300 Å². The molecule has 1 atom stereocenters. The van der Waals surface area contributed by atoms with Crippen LogP contribution in [0.2, 0.25) is 22.2 Å². The van der Waals surface area contributed by atoms with Gasteiger partial charge in [0.1, 0.15) is 0 Å². The molecule has 1 N–H and O–H groups in total. The summed E-state index contributed by atoms with van der Waals surface area (Å²) >= 11 is -5.27. The second kappa shape index (κ2) is 35.6. The maximum atomic E-state index is 11.6. The van der Waals surface area contributed by atoms with Crippen LogP contribution in [0.25, 0.3) is 0 Å². The van der Waals surface area contributed by atoms with Crippen molar-refractivity contribution in [3.63, 3.8) is 0 Å². The molecule has 0 saturated heterocycles. The topological polar surface area (TPSA) is 65.0 Å². The molecule has 0 rings (SSSR count). The summed E-state index contributed by atoms with van der Waals surface area (Å²) in [5.41, 5.74) is 0. The summed E-state index contributed by atoms with van der Waals surface area (Å²) in [5.74, 6) is 0. The van der Waals surface area contributed by atoms with E-state index >= 15 is 0 Å². The van der Waals surface area contributed by atoms with Gasteiger partial charge in [0.25, 0.3) is 0 Å². The summed E-state index contributed by atoms with van der Waals surface area (Å²) in [4.78, 5) is 11.6. The molecule has 0 aromatic rings. The molecular weight excluding hydrogens is 786 g/mol. The molecule has 0 fully saturated rings. The van der Waals surface area contributed by atoms with Gasteiger partial charge in [-0.3, -0.25) is 0 Å². The fraction of sp³-hybridized carbons (Fsp3) is 0.974. The van der Waals surface area contributed by atoms with Gasteiger partial charge in [0.2, 0.25) is 0 Å². The van der Waals surface area contributed by atoms with E-state index in [0.29, 0.717) is 13.0 Å². The van der Waals surface area contributed by atoms with E-state index in [4.69, 9.17) is 10.9 Å². The summed E-state index contributed by atoms with van der Waals surface area (Å²) in [5, 5.41) is 9.49. The van der Waals surface area contributed by atoms with Crippen molar-refractivity contribution in [2.24, 2.45) is 0 Å². The minimum absolute atomic E-state index is 0.550. The molecule has 0 amide bonds. The average Bonchev–Trinajstić information content (AvgIpc) is 3.04. The normalized spacial score (nSPS) is 12.7. The first-order chi connectivity index (χ1) is 22.5. The first-order valence-corrected chi connectivity index (χ1v) is 33.9. The monoisotopic (exact) mass is 870 g/mol. The maximum absolute atomic E-state index is 11.6. The third-order valence-electron chi connectivity index (χ3n) is 9.72. The Bertz CT molecular complexity index is 604. The van der Waals surface area contributed by atoms with Gasteiger partial charge in [0.15, 0.2) is 0 Å². The van der Waals surface area contributed by atoms with Crippen LogP contribution < -0.4 is 0 Å². The van der Waals surface area contributed by atoms with Crippen LogP contribution in [0.4, 0.5) is 4.79 Å². The molecular formula is C39H82O5Sn2. The van der Waals surface area contributed by atoms with Crippen LogP contribution in [0.3, 0.4) is 0 Å². The number of hydrogen-bond acceptors (Lipinski definition) is 4. The quantitative estimate of drug-likeness (QED) is 0.0292. The van der Waals surface area contributed by atoms with Gasteiger partial charge in [0, 0.05) is 0 Å². The van der Waals surface area contributed by atoms with Gasteiger partial charge < -0.3 is 0 Å². The molecule has 0 radical (unpaired) electrons. The number of carbonyl (C=O) groups is 1. The van der Waals surface area contributed by atoms with E-state index in [0.717, 1.165) is 10.9 Å². The Morgan fingerprint density at radius 3 is 1.33 bits per heavy atom. The van der Waals surface area contributed by atoms with E-state index in [1.807, 2.05) is 0 Å². The third kappa shape index (κ3) is 29.7. The van der Waals surface area contributed by atoms with Gasteiger partial charge in [0.05, 0.1) is 0 Å². The molecule has 0 aliphatic carbocycles. The summed E-state index contributed by atoms with van der Waals surface area (Å²) in [6, 6.07) is 0. The van der Waals surface area contributed by atoms with E-state index in [2.05, 4.69) is 34.6 Å². The van der Waals surface area contributed by atoms with Gasteiger partial charge in [-0.2, -0.15) is 0 Å². The first kappa shape index (κ1) is 46.8. The van der Waals surface area contributed by atoms with Gasteiger partial charge in [-0.25, -0.2) is 0 Å². The second-order valence-corrected chi connectivity index (χ2v) is 37.4. The zero-order chi connectivity index (χ0) is 34.0. The molecule has 1 unspecified atom stereocenters. The van der Waals surface area contributed by atoms with Crippen LogP contribution in [0.5, 0.6) is 0 Å². The molecule has 0 aromatic heterocycles. The Morgan fingerprint density at radius 1 is 0.543 bits per heavy atom. The Balaban J connectivity index is 5.90. The first-order valence-electron chi connectivity index (χ1n) is 20.7. The van der Waals surface area contributed by atoms with E-state index in [1.54, 1.807) is 0 Å². The van der Waals surface area contributed by atoms with Crippen LogP contribution in [0.15, 0.2) is 0 Å². The van der Waals surface area contributed by atoms with Gasteiger partial charge >= 0.3 is 303 Å². The van der Waals surface area contributed by atoms with Crippen LogP contribution in [-0.2, 0) is 10.9 Å². The van der Waals surface area contributed by atoms with E-state index in [1.165, 1.54) is 172 Å². The molecule has 276 valence electrons. The number of unbranched alkanes of at least 4 members (excludes halogenated alkanes) is 20. The second-order valence-electron chi connectivity index (χ2n) is 14.3. The Kier molecular flexibility index (Phi) is 36.2. The predicted octanol–water partition coefficient (Wildman–Crippen LogP) is 14.0. The molecule has 46 heavy (non-hydrogen) atoms. The summed E-state index contributed by atoms with van der Waals surface area (Å²) in [7, 11) is 0. The molecule has 5 nitrogen and oxygen atoms in total. The predicted molar refractivity (Wildman–Crippen MR) is 205 cm³/mol. The molecule has 0 spiro atoms. The molecule has 7 heteroatoms. The summed E-state index contributed by atoms with van der Waals surface area (Å²) < 4.78 is 25.7. The molecule has 0 bridgehead atoms. The summed E-state index contributed by atoms with van der Waals surface area (Å²) in [6.45, 7) is 11.8. The van der Waals surface area contributed by atoms with Gasteiger partial charge in [-0.15, -0.1) is 0 Å². The zero-order valence-electron chi connectivity index (χ0n) is 31.9. The number of hydrogen-bond donors (Lipinski definition) is 1. The summed E-state index contributed by atoms with van der Waals surface area (Å²) in [6.07, 6.45) is 32.1. The Morgan fingerprint density at radius 2 is 0.935 bits per heavy atom. The van der Waals surface area contributed by atoms with E-state index in [9.17, 15) is 9.90 Å². The van der Waals surface area contributed by atoms with Crippen LogP contribution in [-0.4, -0.2) is 63.1 Å². The number of ether oxygens (including phenoxy) is 2. The van der Waals surface area contributed by atoms with Gasteiger partial charge in [-0.05, 0) is 0 Å². The third-order valence-corrected chi connectivity index (χ3v) is 44.7. The molecule has 0 aliphatic rings. The standard InChI is InChI=1S/4C8H17.C7H13O4.O.2Sn.H/c4*1-3-5-7-8-6-4-2;1-3-5-10-6(4-2)11-7(8)9;;;;/h4*1,3-8H2,2H3;6H,2-5H2,1H3,(H,8,9);;;;. The van der Waals surface area contributed by atoms with Crippen molar-refractivity contribution in [2.45, 2.75) is 230 Å². The fourth-order valence-corrected chi connectivity index (χ4v) is 49.9. The number of rotatable bonds is 37. The van der Waals surface area contributed by atoms with Crippen molar-refractivity contribution in [3.05, 3.63) is 0 Å². The van der Waals surface area contributed by atoms with Gasteiger partial charge in [-0.1, -0.05) is 0 Å². The van der Waals surface area contributed by atoms with E-state index in [-0.39, 0.29) is 0 Å². The molecule has 0 aromatic carbocycles. The number of carboxylic acid groups (broad SMARTS) is 1. The zero-order valence-corrected chi connectivity index (χ0v) is 38.0. The van der Waals surface area contributed by atoms with Crippen molar-refractivity contribution in [1.29, 1.82) is 0 Å². The SMILES string of the molecule is CCCCCCC[CH2][SnH]([CH2]CCCCCCC)[O][Sn]([CH2]CCCCCCC)([CH2]CCCCCCC)[CH2]CC(OCCC)OC(=O)O. The molecule has 0 saturated carbocycles. The fourth-order valence-electron chi connectivity index (χ4n) is 6.85. The Hall–Kier alpha value is 0.787. The molecule has 0 aliphatic heterocycles. The minimum atomic E-state index is -3.06. The van der Waals surface area contributed by atoms with Crippen molar-refractivity contribution >= 4 is 45.1 Å². The molecule has 0 heterocycles. The van der Waals surface area contributed by atoms with Crippen LogP contribution in [0, 0.1) is 0 Å². The van der Waals surface area contributed by atoms with Crippen LogP contribution in [0.1, 0.15) is 202 Å². The van der Waals surface area contributed by atoms with Crippen molar-refractivity contribution in [1.82, 2.24) is 0 Å². The van der Waals surface area contributed by atoms with Crippen LogP contribution >= 0.6 is 0 Å². The van der Waals surface area contributed by atoms with E-state index < -0.39 is 51.4 Å².